The lowest BCUT2D eigenvalue weighted by Crippen LogP contribution is -2.54. The number of hydrogen-bond donors (Lipinski definition) is 1. The molecule has 0 radical (unpaired) electrons. The van der Waals surface area contributed by atoms with E-state index in [0.29, 0.717) is 19.4 Å². The molecule has 3 nitrogen and oxygen atoms in total. The second kappa shape index (κ2) is 5.82. The molecule has 0 atom stereocenters. The molecule has 0 saturated heterocycles. The molecular weight excluding hydrogens is 212 g/mol. The molecular formula is C14H22N2O. The van der Waals surface area contributed by atoms with E-state index in [0.717, 1.165) is 5.69 Å². The van der Waals surface area contributed by atoms with Crippen LogP contribution in [0.1, 0.15) is 33.6 Å². The Balaban J connectivity index is 3.00. The molecule has 1 aromatic carbocycles. The summed E-state index contributed by atoms with van der Waals surface area (Å²) in [5.74, 6) is 0.0104. The second-order valence-electron chi connectivity index (χ2n) is 4.25. The fourth-order valence-corrected chi connectivity index (χ4v) is 1.87. The molecule has 0 spiro atoms. The van der Waals surface area contributed by atoms with Crippen LogP contribution < -0.4 is 10.6 Å². The topological polar surface area (TPSA) is 46.3 Å². The van der Waals surface area contributed by atoms with Gasteiger partial charge in [0.15, 0.2) is 0 Å². The molecule has 1 aromatic rings. The van der Waals surface area contributed by atoms with Crippen LogP contribution in [0.25, 0.3) is 0 Å². The van der Waals surface area contributed by atoms with Crippen LogP contribution >= 0.6 is 0 Å². The Hall–Kier alpha value is -1.35. The van der Waals surface area contributed by atoms with Crippen LogP contribution in [-0.2, 0) is 4.79 Å². The maximum atomic E-state index is 12.5. The lowest BCUT2D eigenvalue weighted by Gasteiger charge is -2.32. The van der Waals surface area contributed by atoms with Gasteiger partial charge in [-0.2, -0.15) is 0 Å². The van der Waals surface area contributed by atoms with Crippen LogP contribution in [0.2, 0.25) is 0 Å². The highest BCUT2D eigenvalue weighted by Gasteiger charge is 2.33. The molecule has 0 bridgehead atoms. The largest absolute Gasteiger partial charge is 0.317 e. The third-order valence-corrected chi connectivity index (χ3v) is 3.32. The van der Waals surface area contributed by atoms with Gasteiger partial charge in [0.05, 0.1) is 5.54 Å². The molecule has 1 rings (SSSR count). The fraction of sp³-hybridized carbons (Fsp3) is 0.500. The molecule has 0 heterocycles. The van der Waals surface area contributed by atoms with Crippen molar-refractivity contribution in [3.8, 4) is 0 Å². The van der Waals surface area contributed by atoms with Crippen molar-refractivity contribution in [2.45, 2.75) is 39.2 Å². The van der Waals surface area contributed by atoms with E-state index in [9.17, 15) is 4.79 Å². The molecule has 0 aliphatic heterocycles. The van der Waals surface area contributed by atoms with Gasteiger partial charge in [-0.1, -0.05) is 32.0 Å². The van der Waals surface area contributed by atoms with Gasteiger partial charge in [0, 0.05) is 12.2 Å². The molecule has 94 valence electrons. The van der Waals surface area contributed by atoms with Crippen molar-refractivity contribution in [3.05, 3.63) is 30.3 Å². The van der Waals surface area contributed by atoms with Crippen LogP contribution in [0.5, 0.6) is 0 Å². The van der Waals surface area contributed by atoms with E-state index in [1.807, 2.05) is 51.1 Å². The van der Waals surface area contributed by atoms with Gasteiger partial charge in [-0.15, -0.1) is 0 Å². The summed E-state index contributed by atoms with van der Waals surface area (Å²) in [5, 5.41) is 0. The molecule has 0 aliphatic rings. The lowest BCUT2D eigenvalue weighted by atomic mass is 9.92. The maximum absolute atomic E-state index is 12.5. The number of para-hydroxylation sites is 1. The standard InChI is InChI=1S/C14H22N2O/c1-4-14(15,5-2)13(17)16(6-3)12-10-8-7-9-11-12/h7-11H,4-6,15H2,1-3H3. The van der Waals surface area contributed by atoms with E-state index in [2.05, 4.69) is 0 Å². The number of carbonyl (C=O) groups excluding carboxylic acids is 1. The number of amides is 1. The minimum absolute atomic E-state index is 0.0104. The third-order valence-electron chi connectivity index (χ3n) is 3.32. The first-order valence-electron chi connectivity index (χ1n) is 6.25. The first-order valence-corrected chi connectivity index (χ1v) is 6.25. The van der Waals surface area contributed by atoms with Gasteiger partial charge >= 0.3 is 0 Å². The van der Waals surface area contributed by atoms with Crippen molar-refractivity contribution in [1.82, 2.24) is 0 Å². The van der Waals surface area contributed by atoms with Gasteiger partial charge in [-0.3, -0.25) is 4.79 Å². The quantitative estimate of drug-likeness (QED) is 0.851. The van der Waals surface area contributed by atoms with Crippen LogP contribution in [-0.4, -0.2) is 18.0 Å². The Morgan fingerprint density at radius 3 is 2.12 bits per heavy atom. The summed E-state index contributed by atoms with van der Waals surface area (Å²) in [6, 6.07) is 9.68. The number of nitrogens with zero attached hydrogens (tertiary/aromatic N) is 1. The maximum Gasteiger partial charge on any atom is 0.247 e. The summed E-state index contributed by atoms with van der Waals surface area (Å²) in [5.41, 5.74) is 6.33. The Morgan fingerprint density at radius 1 is 1.18 bits per heavy atom. The number of anilines is 1. The average molecular weight is 234 g/mol. The van der Waals surface area contributed by atoms with E-state index in [1.54, 1.807) is 4.90 Å². The molecule has 0 aliphatic carbocycles. The van der Waals surface area contributed by atoms with Gasteiger partial charge in [-0.05, 0) is 31.9 Å². The van der Waals surface area contributed by atoms with Crippen molar-refractivity contribution in [1.29, 1.82) is 0 Å². The molecule has 1 amide bonds. The van der Waals surface area contributed by atoms with Gasteiger partial charge in [0.2, 0.25) is 5.91 Å². The summed E-state index contributed by atoms with van der Waals surface area (Å²) < 4.78 is 0. The summed E-state index contributed by atoms with van der Waals surface area (Å²) in [4.78, 5) is 14.2. The Kier molecular flexibility index (Phi) is 4.70. The van der Waals surface area contributed by atoms with E-state index >= 15 is 0 Å². The molecule has 2 N–H and O–H groups in total. The predicted octanol–water partition coefficient (Wildman–Crippen LogP) is 2.56. The normalized spacial score (nSPS) is 11.3. The van der Waals surface area contributed by atoms with Gasteiger partial charge in [0.25, 0.3) is 0 Å². The van der Waals surface area contributed by atoms with E-state index in [1.165, 1.54) is 0 Å². The first kappa shape index (κ1) is 13.7. The summed E-state index contributed by atoms with van der Waals surface area (Å²) in [7, 11) is 0. The Morgan fingerprint density at radius 2 is 1.71 bits per heavy atom. The number of rotatable bonds is 5. The number of likely N-dealkylation sites (N-methyl/N-ethyl adjacent to an activating group) is 1. The van der Waals surface area contributed by atoms with E-state index < -0.39 is 5.54 Å². The highest BCUT2D eigenvalue weighted by molar-refractivity contribution is 5.99. The summed E-state index contributed by atoms with van der Waals surface area (Å²) in [6.45, 7) is 6.53. The fourth-order valence-electron chi connectivity index (χ4n) is 1.87. The second-order valence-corrected chi connectivity index (χ2v) is 4.25. The zero-order chi connectivity index (χ0) is 12.9. The number of nitrogens with two attached hydrogens (primary N) is 1. The monoisotopic (exact) mass is 234 g/mol. The minimum atomic E-state index is -0.744. The molecule has 0 unspecified atom stereocenters. The molecule has 0 fully saturated rings. The highest BCUT2D eigenvalue weighted by Crippen LogP contribution is 2.21. The minimum Gasteiger partial charge on any atom is -0.317 e. The van der Waals surface area contributed by atoms with Gasteiger partial charge in [-0.25, -0.2) is 0 Å². The van der Waals surface area contributed by atoms with Crippen molar-refractivity contribution >= 4 is 11.6 Å². The smallest absolute Gasteiger partial charge is 0.247 e. The van der Waals surface area contributed by atoms with Crippen molar-refractivity contribution in [2.24, 2.45) is 5.73 Å². The van der Waals surface area contributed by atoms with Crippen LogP contribution in [0.4, 0.5) is 5.69 Å². The molecule has 17 heavy (non-hydrogen) atoms. The van der Waals surface area contributed by atoms with Crippen LogP contribution in [0.3, 0.4) is 0 Å². The number of benzene rings is 1. The average Bonchev–Trinajstić information content (AvgIpc) is 2.39. The van der Waals surface area contributed by atoms with Crippen molar-refractivity contribution in [3.63, 3.8) is 0 Å². The van der Waals surface area contributed by atoms with E-state index in [4.69, 9.17) is 5.73 Å². The number of hydrogen-bond acceptors (Lipinski definition) is 2. The van der Waals surface area contributed by atoms with E-state index in [-0.39, 0.29) is 5.91 Å². The lowest BCUT2D eigenvalue weighted by molar-refractivity contribution is -0.123. The van der Waals surface area contributed by atoms with Gasteiger partial charge < -0.3 is 10.6 Å². The van der Waals surface area contributed by atoms with Crippen LogP contribution in [0, 0.1) is 0 Å². The summed E-state index contributed by atoms with van der Waals surface area (Å²) in [6.07, 6.45) is 1.32. The highest BCUT2D eigenvalue weighted by atomic mass is 16.2. The Labute approximate surface area is 104 Å². The molecule has 0 aromatic heterocycles. The van der Waals surface area contributed by atoms with Crippen LogP contribution in [0.15, 0.2) is 30.3 Å². The van der Waals surface area contributed by atoms with Crippen molar-refractivity contribution < 1.29 is 4.79 Å². The van der Waals surface area contributed by atoms with Crippen molar-refractivity contribution in [2.75, 3.05) is 11.4 Å². The number of carbonyl (C=O) groups is 1. The Bertz CT molecular complexity index is 358. The third kappa shape index (κ3) is 2.86. The zero-order valence-corrected chi connectivity index (χ0v) is 10.9. The van der Waals surface area contributed by atoms with Gasteiger partial charge in [0.1, 0.15) is 0 Å². The molecule has 0 saturated carbocycles. The molecule has 3 heteroatoms. The first-order chi connectivity index (χ1) is 8.09. The predicted molar refractivity (Wildman–Crippen MR) is 72.0 cm³/mol. The zero-order valence-electron chi connectivity index (χ0n) is 10.9. The SMILES string of the molecule is CCN(C(=O)C(N)(CC)CC)c1ccccc1. The summed E-state index contributed by atoms with van der Waals surface area (Å²) >= 11 is 0.